The Morgan fingerprint density at radius 1 is 1.17 bits per heavy atom. The molecule has 0 aliphatic carbocycles. The number of carbonyl (C=O) groups excluding carboxylic acids is 1. The van der Waals surface area contributed by atoms with Crippen LogP contribution in [-0.4, -0.2) is 20.6 Å². The zero-order chi connectivity index (χ0) is 26.0. The molecule has 0 saturated carbocycles. The standard InChI is InChI=1S/C24H19Cl2FN4O5/c1-13-23(14(2)30(29-13)11-15-3-4-16(27)9-20(15)26)28-24(32)21-8-6-18(36-21)12-35-22-10-17(31(33)34)5-7-19(22)25/h3-10H,11-12H2,1-2H3,(H,28,32). The summed E-state index contributed by atoms with van der Waals surface area (Å²) in [7, 11) is 0. The maximum absolute atomic E-state index is 13.3. The first-order chi connectivity index (χ1) is 17.1. The number of furan rings is 1. The number of hydrogen-bond donors (Lipinski definition) is 1. The summed E-state index contributed by atoms with van der Waals surface area (Å²) < 4.78 is 26.1. The lowest BCUT2D eigenvalue weighted by Gasteiger charge is -2.08. The van der Waals surface area contributed by atoms with Gasteiger partial charge in [0, 0.05) is 11.1 Å². The second kappa shape index (κ2) is 10.4. The van der Waals surface area contributed by atoms with Gasteiger partial charge >= 0.3 is 0 Å². The molecular weight excluding hydrogens is 514 g/mol. The fourth-order valence-corrected chi connectivity index (χ4v) is 3.86. The van der Waals surface area contributed by atoms with Gasteiger partial charge in [0.05, 0.1) is 39.6 Å². The average Bonchev–Trinajstić information content (AvgIpc) is 3.40. The lowest BCUT2D eigenvalue weighted by Crippen LogP contribution is -2.12. The number of nitro benzene ring substituents is 1. The van der Waals surface area contributed by atoms with Crippen LogP contribution in [0, 0.1) is 29.8 Å². The molecule has 1 N–H and O–H groups in total. The summed E-state index contributed by atoms with van der Waals surface area (Å²) in [6.07, 6.45) is 0. The highest BCUT2D eigenvalue weighted by Gasteiger charge is 2.19. The molecule has 9 nitrogen and oxygen atoms in total. The van der Waals surface area contributed by atoms with E-state index < -0.39 is 16.6 Å². The largest absolute Gasteiger partial charge is 0.484 e. The van der Waals surface area contributed by atoms with Crippen molar-refractivity contribution in [3.63, 3.8) is 0 Å². The number of nitrogens with zero attached hydrogens (tertiary/aromatic N) is 3. The molecule has 2 aromatic heterocycles. The molecule has 0 spiro atoms. The maximum Gasteiger partial charge on any atom is 0.291 e. The molecule has 186 valence electrons. The highest BCUT2D eigenvalue weighted by molar-refractivity contribution is 6.32. The van der Waals surface area contributed by atoms with Crippen LogP contribution >= 0.6 is 23.2 Å². The second-order valence-corrected chi connectivity index (χ2v) is 8.63. The number of rotatable bonds is 8. The lowest BCUT2D eigenvalue weighted by molar-refractivity contribution is -0.384. The Kier molecular flexibility index (Phi) is 7.27. The fraction of sp³-hybridized carbons (Fsp3) is 0.167. The third kappa shape index (κ3) is 5.50. The van der Waals surface area contributed by atoms with Gasteiger partial charge in [-0.25, -0.2) is 4.39 Å². The number of non-ortho nitro benzene ring substituents is 1. The second-order valence-electron chi connectivity index (χ2n) is 7.82. The molecule has 0 saturated heterocycles. The highest BCUT2D eigenvalue weighted by Crippen LogP contribution is 2.30. The van der Waals surface area contributed by atoms with Crippen LogP contribution in [0.5, 0.6) is 5.75 Å². The zero-order valence-electron chi connectivity index (χ0n) is 19.0. The van der Waals surface area contributed by atoms with E-state index in [1.54, 1.807) is 30.7 Å². The Balaban J connectivity index is 1.43. The molecule has 2 aromatic carbocycles. The van der Waals surface area contributed by atoms with E-state index in [1.165, 1.54) is 36.4 Å². The normalized spacial score (nSPS) is 10.9. The van der Waals surface area contributed by atoms with Gasteiger partial charge in [-0.1, -0.05) is 29.3 Å². The number of hydrogen-bond acceptors (Lipinski definition) is 6. The number of aromatic nitrogens is 2. The summed E-state index contributed by atoms with van der Waals surface area (Å²) in [6, 6.07) is 11.0. The van der Waals surface area contributed by atoms with E-state index in [4.69, 9.17) is 32.4 Å². The summed E-state index contributed by atoms with van der Waals surface area (Å²) in [4.78, 5) is 23.2. The van der Waals surface area contributed by atoms with Crippen LogP contribution in [0.3, 0.4) is 0 Å². The summed E-state index contributed by atoms with van der Waals surface area (Å²) in [5.74, 6) is -0.459. The Bertz CT molecular complexity index is 1470. The van der Waals surface area contributed by atoms with Crippen LogP contribution in [0.4, 0.5) is 15.8 Å². The van der Waals surface area contributed by atoms with E-state index in [0.717, 1.165) is 0 Å². The molecule has 0 unspecified atom stereocenters. The first kappa shape index (κ1) is 25.2. The molecule has 12 heteroatoms. The molecular formula is C24H19Cl2FN4O5. The topological polar surface area (TPSA) is 112 Å². The number of benzene rings is 2. The summed E-state index contributed by atoms with van der Waals surface area (Å²) in [6.45, 7) is 3.74. The first-order valence-electron chi connectivity index (χ1n) is 10.6. The van der Waals surface area contributed by atoms with Crippen molar-refractivity contribution in [2.45, 2.75) is 27.0 Å². The van der Waals surface area contributed by atoms with E-state index in [9.17, 15) is 19.3 Å². The summed E-state index contributed by atoms with van der Waals surface area (Å²) in [5, 5.41) is 18.7. The van der Waals surface area contributed by atoms with Crippen LogP contribution in [0.15, 0.2) is 52.9 Å². The molecule has 4 aromatic rings. The Hall–Kier alpha value is -3.89. The number of nitrogens with one attached hydrogen (secondary N) is 1. The SMILES string of the molecule is Cc1nn(Cc2ccc(F)cc2Cl)c(C)c1NC(=O)c1ccc(COc2cc([N+](=O)[O-])ccc2Cl)o1. The van der Waals surface area contributed by atoms with Crippen LogP contribution in [-0.2, 0) is 13.2 Å². The van der Waals surface area contributed by atoms with Crippen molar-refractivity contribution in [3.8, 4) is 5.75 Å². The predicted molar refractivity (Wildman–Crippen MR) is 131 cm³/mol. The van der Waals surface area contributed by atoms with Gasteiger partial charge in [0.1, 0.15) is 23.9 Å². The van der Waals surface area contributed by atoms with E-state index in [-0.39, 0.29) is 33.8 Å². The van der Waals surface area contributed by atoms with Gasteiger partial charge in [-0.05, 0) is 49.7 Å². The molecule has 0 fully saturated rings. The number of amides is 1. The quantitative estimate of drug-likeness (QED) is 0.209. The summed E-state index contributed by atoms with van der Waals surface area (Å²) >= 11 is 12.2. The maximum atomic E-state index is 13.3. The van der Waals surface area contributed by atoms with Crippen LogP contribution in [0.2, 0.25) is 10.0 Å². The van der Waals surface area contributed by atoms with Gasteiger partial charge in [-0.3, -0.25) is 19.6 Å². The number of anilines is 1. The van der Waals surface area contributed by atoms with Gasteiger partial charge < -0.3 is 14.5 Å². The van der Waals surface area contributed by atoms with Crippen molar-refractivity contribution in [3.05, 3.63) is 103 Å². The molecule has 4 rings (SSSR count). The Labute approximate surface area is 214 Å². The zero-order valence-corrected chi connectivity index (χ0v) is 20.6. The minimum atomic E-state index is -0.557. The highest BCUT2D eigenvalue weighted by atomic mass is 35.5. The van der Waals surface area contributed by atoms with Gasteiger partial charge in [0.2, 0.25) is 0 Å². The van der Waals surface area contributed by atoms with Gasteiger partial charge in [0.15, 0.2) is 5.76 Å². The number of ether oxygens (including phenoxy) is 1. The average molecular weight is 533 g/mol. The molecule has 0 aliphatic rings. The van der Waals surface area contributed by atoms with E-state index in [0.29, 0.717) is 34.9 Å². The number of carbonyl (C=O) groups is 1. The predicted octanol–water partition coefficient (Wildman–Crippen LogP) is 6.33. The van der Waals surface area contributed by atoms with Crippen molar-refractivity contribution in [1.82, 2.24) is 9.78 Å². The van der Waals surface area contributed by atoms with Crippen molar-refractivity contribution in [1.29, 1.82) is 0 Å². The van der Waals surface area contributed by atoms with Gasteiger partial charge in [-0.15, -0.1) is 0 Å². The lowest BCUT2D eigenvalue weighted by atomic mass is 10.2. The van der Waals surface area contributed by atoms with E-state index >= 15 is 0 Å². The monoisotopic (exact) mass is 532 g/mol. The van der Waals surface area contributed by atoms with Crippen LogP contribution < -0.4 is 10.1 Å². The number of nitro groups is 1. The van der Waals surface area contributed by atoms with Crippen molar-refractivity contribution in [2.75, 3.05) is 5.32 Å². The van der Waals surface area contributed by atoms with Gasteiger partial charge in [-0.2, -0.15) is 5.10 Å². The molecule has 2 heterocycles. The minimum absolute atomic E-state index is 0.0341. The van der Waals surface area contributed by atoms with Gasteiger partial charge in [0.25, 0.3) is 11.6 Å². The molecule has 36 heavy (non-hydrogen) atoms. The third-order valence-corrected chi connectivity index (χ3v) is 6.00. The van der Waals surface area contributed by atoms with Crippen LogP contribution in [0.1, 0.15) is 33.3 Å². The number of aryl methyl sites for hydroxylation is 1. The van der Waals surface area contributed by atoms with Crippen LogP contribution in [0.25, 0.3) is 0 Å². The van der Waals surface area contributed by atoms with E-state index in [1.807, 2.05) is 0 Å². The van der Waals surface area contributed by atoms with Crippen molar-refractivity contribution >= 4 is 40.5 Å². The number of halogens is 3. The Morgan fingerprint density at radius 3 is 2.67 bits per heavy atom. The fourth-order valence-electron chi connectivity index (χ4n) is 3.46. The molecule has 0 radical (unpaired) electrons. The van der Waals surface area contributed by atoms with Crippen molar-refractivity contribution in [2.24, 2.45) is 0 Å². The molecule has 0 aliphatic heterocycles. The van der Waals surface area contributed by atoms with E-state index in [2.05, 4.69) is 10.4 Å². The Morgan fingerprint density at radius 2 is 1.94 bits per heavy atom. The minimum Gasteiger partial charge on any atom is -0.484 e. The smallest absolute Gasteiger partial charge is 0.291 e. The molecule has 0 atom stereocenters. The molecule has 0 bridgehead atoms. The summed E-state index contributed by atoms with van der Waals surface area (Å²) in [5.41, 5.74) is 2.28. The molecule has 1 amide bonds. The first-order valence-corrected chi connectivity index (χ1v) is 11.3. The van der Waals surface area contributed by atoms with Crippen molar-refractivity contribution < 1.29 is 23.3 Å². The third-order valence-electron chi connectivity index (χ3n) is 5.34.